The highest BCUT2D eigenvalue weighted by molar-refractivity contribution is 6.32. The Hall–Kier alpha value is -2.73. The Kier molecular flexibility index (Phi) is 6.65. The van der Waals surface area contributed by atoms with E-state index in [2.05, 4.69) is 10.5 Å². The number of carbonyl (C=O) groups is 1. The van der Waals surface area contributed by atoms with Gasteiger partial charge in [-0.15, -0.1) is 0 Å². The Bertz CT molecular complexity index is 777. The molecule has 6 nitrogen and oxygen atoms in total. The van der Waals surface area contributed by atoms with Gasteiger partial charge in [-0.05, 0) is 37.3 Å². The van der Waals surface area contributed by atoms with Gasteiger partial charge < -0.3 is 14.2 Å². The first kappa shape index (κ1) is 18.6. The van der Waals surface area contributed by atoms with E-state index in [1.54, 1.807) is 57.5 Å². The largest absolute Gasteiger partial charge is 0.493 e. The zero-order valence-corrected chi connectivity index (χ0v) is 15.0. The van der Waals surface area contributed by atoms with Gasteiger partial charge in [0.05, 0.1) is 25.0 Å². The molecule has 1 N–H and O–H groups in total. The number of carbonyl (C=O) groups excluding carboxylic acids is 1. The van der Waals surface area contributed by atoms with Gasteiger partial charge in [0.25, 0.3) is 5.91 Å². The van der Waals surface area contributed by atoms with E-state index in [4.69, 9.17) is 25.8 Å². The van der Waals surface area contributed by atoms with Gasteiger partial charge in [-0.1, -0.05) is 23.7 Å². The molecule has 0 aromatic heterocycles. The van der Waals surface area contributed by atoms with Crippen molar-refractivity contribution in [3.63, 3.8) is 0 Å². The van der Waals surface area contributed by atoms with E-state index in [1.165, 1.54) is 0 Å². The molecule has 2 aromatic rings. The monoisotopic (exact) mass is 362 g/mol. The molecule has 0 bridgehead atoms. The summed E-state index contributed by atoms with van der Waals surface area (Å²) in [5.74, 6) is 1.26. The zero-order valence-electron chi connectivity index (χ0n) is 14.2. The second kappa shape index (κ2) is 8.94. The quantitative estimate of drug-likeness (QED) is 0.606. The maximum Gasteiger partial charge on any atom is 0.277 e. The highest BCUT2D eigenvalue weighted by Crippen LogP contribution is 2.27. The van der Waals surface area contributed by atoms with E-state index in [0.717, 1.165) is 5.56 Å². The van der Waals surface area contributed by atoms with Gasteiger partial charge in [0.2, 0.25) is 0 Å². The second-order valence-corrected chi connectivity index (χ2v) is 5.43. The van der Waals surface area contributed by atoms with E-state index in [1.807, 2.05) is 6.07 Å². The molecule has 0 fully saturated rings. The molecule has 25 heavy (non-hydrogen) atoms. The number of hydrazone groups is 1. The average molecular weight is 363 g/mol. The molecule has 0 unspecified atom stereocenters. The van der Waals surface area contributed by atoms with Gasteiger partial charge in [-0.25, -0.2) is 5.43 Å². The van der Waals surface area contributed by atoms with E-state index < -0.39 is 0 Å². The molecule has 2 rings (SSSR count). The van der Waals surface area contributed by atoms with Crippen LogP contribution in [0.2, 0.25) is 5.02 Å². The van der Waals surface area contributed by atoms with Crippen LogP contribution in [-0.4, -0.2) is 32.4 Å². The summed E-state index contributed by atoms with van der Waals surface area (Å²) in [5.41, 5.74) is 3.86. The van der Waals surface area contributed by atoms with Crippen molar-refractivity contribution in [2.75, 3.05) is 20.8 Å². The first-order chi connectivity index (χ1) is 12.0. The van der Waals surface area contributed by atoms with Gasteiger partial charge in [-0.2, -0.15) is 5.10 Å². The summed E-state index contributed by atoms with van der Waals surface area (Å²) in [6, 6.07) is 12.3. The first-order valence-electron chi connectivity index (χ1n) is 7.48. The van der Waals surface area contributed by atoms with Crippen molar-refractivity contribution in [1.82, 2.24) is 5.43 Å². The number of halogens is 1. The van der Waals surface area contributed by atoms with Crippen molar-refractivity contribution >= 4 is 23.2 Å². The molecule has 0 heterocycles. The number of rotatable bonds is 7. The summed E-state index contributed by atoms with van der Waals surface area (Å²) in [6.45, 7) is 1.59. The lowest BCUT2D eigenvalue weighted by atomic mass is 10.1. The predicted molar refractivity (Wildman–Crippen MR) is 96.8 cm³/mol. The smallest absolute Gasteiger partial charge is 0.277 e. The minimum atomic E-state index is -0.389. The van der Waals surface area contributed by atoms with E-state index >= 15 is 0 Å². The van der Waals surface area contributed by atoms with Crippen molar-refractivity contribution in [2.45, 2.75) is 6.92 Å². The fourth-order valence-electron chi connectivity index (χ4n) is 2.01. The molecule has 0 aliphatic carbocycles. The lowest BCUT2D eigenvalue weighted by Gasteiger charge is -2.10. The topological polar surface area (TPSA) is 69.2 Å². The minimum Gasteiger partial charge on any atom is -0.493 e. The summed E-state index contributed by atoms with van der Waals surface area (Å²) in [4.78, 5) is 11.9. The maximum absolute atomic E-state index is 11.9. The molecule has 0 aliphatic heterocycles. The van der Waals surface area contributed by atoms with Crippen molar-refractivity contribution in [3.05, 3.63) is 53.1 Å². The van der Waals surface area contributed by atoms with Crippen LogP contribution < -0.4 is 19.6 Å². The normalized spacial score (nSPS) is 11.0. The Labute approximate surface area is 151 Å². The fourth-order valence-corrected chi connectivity index (χ4v) is 2.20. The molecule has 7 heteroatoms. The predicted octanol–water partition coefficient (Wildman–Crippen LogP) is 3.28. The van der Waals surface area contributed by atoms with Gasteiger partial charge in [0.15, 0.2) is 18.1 Å². The third-order valence-corrected chi connectivity index (χ3v) is 3.66. The lowest BCUT2D eigenvalue weighted by Crippen LogP contribution is -2.25. The van der Waals surface area contributed by atoms with Crippen LogP contribution in [0.1, 0.15) is 12.5 Å². The van der Waals surface area contributed by atoms with E-state index in [-0.39, 0.29) is 12.5 Å². The van der Waals surface area contributed by atoms with Crippen LogP contribution in [0.4, 0.5) is 0 Å². The molecular formula is C18H19ClN2O4. The Morgan fingerprint density at radius 2 is 1.80 bits per heavy atom. The molecule has 0 saturated heterocycles. The van der Waals surface area contributed by atoms with Crippen LogP contribution in [0.3, 0.4) is 0 Å². The number of methoxy groups -OCH3 is 2. The second-order valence-electron chi connectivity index (χ2n) is 5.02. The van der Waals surface area contributed by atoms with Crippen LogP contribution >= 0.6 is 11.6 Å². The van der Waals surface area contributed by atoms with Crippen molar-refractivity contribution in [1.29, 1.82) is 0 Å². The third-order valence-electron chi connectivity index (χ3n) is 3.35. The zero-order chi connectivity index (χ0) is 18.2. The molecule has 2 aromatic carbocycles. The van der Waals surface area contributed by atoms with Crippen LogP contribution in [-0.2, 0) is 4.79 Å². The van der Waals surface area contributed by atoms with Crippen molar-refractivity contribution < 1.29 is 19.0 Å². The number of nitrogens with one attached hydrogen (secondary N) is 1. The van der Waals surface area contributed by atoms with E-state index in [9.17, 15) is 4.79 Å². The van der Waals surface area contributed by atoms with Gasteiger partial charge in [0, 0.05) is 5.56 Å². The fraction of sp³-hybridized carbons (Fsp3) is 0.222. The van der Waals surface area contributed by atoms with Gasteiger partial charge in [-0.3, -0.25) is 4.79 Å². The number of para-hydroxylation sites is 1. The maximum atomic E-state index is 11.9. The molecule has 132 valence electrons. The minimum absolute atomic E-state index is 0.188. The summed E-state index contributed by atoms with van der Waals surface area (Å²) in [7, 11) is 3.12. The Balaban J connectivity index is 1.96. The number of amides is 1. The summed E-state index contributed by atoms with van der Waals surface area (Å²) in [5, 5.41) is 4.51. The highest BCUT2D eigenvalue weighted by Gasteiger charge is 2.08. The number of hydrogen-bond donors (Lipinski definition) is 1. The SMILES string of the molecule is COc1ccc(/C(C)=N\NC(=O)COc2ccccc2Cl)cc1OC. The summed E-state index contributed by atoms with van der Waals surface area (Å²) < 4.78 is 15.8. The molecule has 0 aliphatic rings. The lowest BCUT2D eigenvalue weighted by molar-refractivity contribution is -0.123. The summed E-state index contributed by atoms with van der Waals surface area (Å²) in [6.07, 6.45) is 0. The molecular weight excluding hydrogens is 344 g/mol. The van der Waals surface area contributed by atoms with Crippen LogP contribution in [0.5, 0.6) is 17.2 Å². The molecule has 0 atom stereocenters. The van der Waals surface area contributed by atoms with Gasteiger partial charge in [0.1, 0.15) is 5.75 Å². The third kappa shape index (κ3) is 5.12. The Morgan fingerprint density at radius 3 is 2.48 bits per heavy atom. The highest BCUT2D eigenvalue weighted by atomic mass is 35.5. The van der Waals surface area contributed by atoms with Crippen LogP contribution in [0.25, 0.3) is 0 Å². The van der Waals surface area contributed by atoms with Crippen molar-refractivity contribution in [2.24, 2.45) is 5.10 Å². The van der Waals surface area contributed by atoms with Crippen molar-refractivity contribution in [3.8, 4) is 17.2 Å². The standard InChI is InChI=1S/C18H19ClN2O4/c1-12(13-8-9-16(23-2)17(10-13)24-3)20-21-18(22)11-25-15-7-5-4-6-14(15)19/h4-10H,11H2,1-3H3,(H,21,22)/b20-12-. The molecule has 0 saturated carbocycles. The van der Waals surface area contributed by atoms with Crippen LogP contribution in [0.15, 0.2) is 47.6 Å². The number of nitrogens with zero attached hydrogens (tertiary/aromatic N) is 1. The molecule has 0 spiro atoms. The number of benzene rings is 2. The molecule has 1 amide bonds. The first-order valence-corrected chi connectivity index (χ1v) is 7.85. The number of hydrogen-bond acceptors (Lipinski definition) is 5. The number of ether oxygens (including phenoxy) is 3. The van der Waals surface area contributed by atoms with Crippen LogP contribution in [0, 0.1) is 0 Å². The molecule has 0 radical (unpaired) electrons. The Morgan fingerprint density at radius 1 is 1.08 bits per heavy atom. The average Bonchev–Trinajstić information content (AvgIpc) is 2.64. The van der Waals surface area contributed by atoms with E-state index in [0.29, 0.717) is 28.0 Å². The summed E-state index contributed by atoms with van der Waals surface area (Å²) >= 11 is 5.96. The van der Waals surface area contributed by atoms with Gasteiger partial charge >= 0.3 is 0 Å².